The summed E-state index contributed by atoms with van der Waals surface area (Å²) in [7, 11) is 0. The molecule has 2 N–H and O–H groups in total. The Morgan fingerprint density at radius 3 is 2.15 bits per heavy atom. The third-order valence-electron chi connectivity index (χ3n) is 1.41. The molecule has 1 nitrogen and oxygen atoms in total. The van der Waals surface area contributed by atoms with Gasteiger partial charge in [-0.2, -0.15) is 0 Å². The number of halogens is 4. The first-order valence-corrected chi connectivity index (χ1v) is 3.54. The summed E-state index contributed by atoms with van der Waals surface area (Å²) in [6, 6.07) is 3.47. The van der Waals surface area contributed by atoms with Crippen molar-refractivity contribution in [3.05, 3.63) is 23.2 Å². The summed E-state index contributed by atoms with van der Waals surface area (Å²) in [4.78, 5) is 0. The zero-order valence-corrected chi connectivity index (χ0v) is 10.8. The Hall–Kier alpha value is 0.801. The van der Waals surface area contributed by atoms with E-state index < -0.39 is 17.5 Å². The molecule has 0 amide bonds. The van der Waals surface area contributed by atoms with Gasteiger partial charge in [0.1, 0.15) is 0 Å². The summed E-state index contributed by atoms with van der Waals surface area (Å²) in [5, 5.41) is -0.412. The summed E-state index contributed by atoms with van der Waals surface area (Å²) in [6.07, 6.45) is 0. The predicted molar refractivity (Wildman–Crippen MR) is 44.6 cm³/mol. The second-order valence-corrected chi connectivity index (χ2v) is 2.70. The van der Waals surface area contributed by atoms with E-state index in [1.807, 2.05) is 0 Å². The number of nitrogen functional groups attached to an aromatic ring is 1. The molecule has 0 saturated heterocycles. The van der Waals surface area contributed by atoms with Gasteiger partial charge < -0.3 is 18.7 Å². The van der Waals surface area contributed by atoms with E-state index in [0.717, 1.165) is 6.07 Å². The van der Waals surface area contributed by atoms with Gasteiger partial charge in [0, 0.05) is 10.7 Å². The van der Waals surface area contributed by atoms with Crippen LogP contribution in [0.25, 0.3) is 0 Å². The second-order valence-electron chi connectivity index (χ2n) is 2.33. The van der Waals surface area contributed by atoms with Crippen LogP contribution in [0.5, 0.6) is 0 Å². The molecule has 0 fully saturated rings. The maximum Gasteiger partial charge on any atom is 1.00 e. The van der Waals surface area contributed by atoms with Crippen LogP contribution in [0, 0.1) is 0 Å². The molecule has 1 aromatic rings. The summed E-state index contributed by atoms with van der Waals surface area (Å²) >= 11 is 5.35. The first-order valence-electron chi connectivity index (χ1n) is 3.17. The zero-order valence-electron chi connectivity index (χ0n) is 6.90. The van der Waals surface area contributed by atoms with Crippen LogP contribution in [0.1, 0.15) is 0 Å². The molecule has 0 unspecified atom stereocenters. The molecule has 66 valence electrons. The van der Waals surface area contributed by atoms with E-state index in [1.54, 1.807) is 0 Å². The van der Waals surface area contributed by atoms with Gasteiger partial charge in [-0.15, -0.1) is 0 Å². The van der Waals surface area contributed by atoms with E-state index in [9.17, 15) is 12.9 Å². The molecule has 0 bridgehead atoms. The maximum atomic E-state index is 12.2. The van der Waals surface area contributed by atoms with Crippen LogP contribution in [0.2, 0.25) is 5.02 Å². The molecule has 0 aromatic heterocycles. The summed E-state index contributed by atoms with van der Waals surface area (Å²) in [5.41, 5.74) is 4.31. The van der Waals surface area contributed by atoms with Crippen LogP contribution in [-0.4, -0.2) is 6.98 Å². The average molecular weight is 233 g/mol. The van der Waals surface area contributed by atoms with Crippen LogP contribution < -0.4 is 62.6 Å². The largest absolute Gasteiger partial charge is 1.00 e. The molecule has 13 heavy (non-hydrogen) atoms. The van der Waals surface area contributed by atoms with Crippen molar-refractivity contribution in [1.82, 2.24) is 0 Å². The number of benzene rings is 1. The van der Waals surface area contributed by atoms with Crippen LogP contribution in [0.3, 0.4) is 0 Å². The molecule has 0 aliphatic rings. The third-order valence-corrected chi connectivity index (χ3v) is 1.85. The number of rotatable bonds is 1. The normalized spacial score (nSPS) is 10.8. The fourth-order valence-corrected chi connectivity index (χ4v) is 1.07. The van der Waals surface area contributed by atoms with Gasteiger partial charge in [-0.3, -0.25) is 0 Å². The van der Waals surface area contributed by atoms with E-state index >= 15 is 0 Å². The molecule has 0 heterocycles. The van der Waals surface area contributed by atoms with E-state index in [2.05, 4.69) is 0 Å². The van der Waals surface area contributed by atoms with Crippen molar-refractivity contribution < 1.29 is 64.3 Å². The Bertz CT molecular complexity index is 304. The minimum atomic E-state index is -5.06. The van der Waals surface area contributed by atoms with Gasteiger partial charge >= 0.3 is 58.4 Å². The van der Waals surface area contributed by atoms with Gasteiger partial charge in [-0.1, -0.05) is 29.2 Å². The van der Waals surface area contributed by atoms with Crippen LogP contribution in [0.15, 0.2) is 18.2 Å². The van der Waals surface area contributed by atoms with E-state index in [4.69, 9.17) is 17.3 Å². The molecule has 0 aliphatic carbocycles. The molecule has 0 saturated carbocycles. The molecule has 0 atom stereocenters. The van der Waals surface area contributed by atoms with Gasteiger partial charge in [-0.05, 0) is 6.07 Å². The average Bonchev–Trinajstić information content (AvgIpc) is 1.92. The number of anilines is 1. The van der Waals surface area contributed by atoms with Gasteiger partial charge in [-0.25, -0.2) is 0 Å². The molecule has 0 spiro atoms. The molecule has 1 aromatic carbocycles. The van der Waals surface area contributed by atoms with Gasteiger partial charge in [0.25, 0.3) is 0 Å². The molecule has 0 aliphatic heterocycles. The number of hydrogen-bond acceptors (Lipinski definition) is 1. The second kappa shape index (κ2) is 5.04. The Kier molecular flexibility index (Phi) is 5.35. The van der Waals surface area contributed by atoms with Crippen LogP contribution in [0.4, 0.5) is 18.6 Å². The Morgan fingerprint density at radius 1 is 1.23 bits per heavy atom. The maximum absolute atomic E-state index is 12.2. The summed E-state index contributed by atoms with van der Waals surface area (Å²) < 4.78 is 36.5. The summed E-state index contributed by atoms with van der Waals surface area (Å²) in [5.74, 6) is 0. The monoisotopic (exact) mass is 233 g/mol. The standard InChI is InChI=1S/C6H5BClF3N.K/c8-6-4(7(9,10)11)2-1-3-5(6)12;/h1-3H,12H2;/q-1;+1. The Labute approximate surface area is 121 Å². The Balaban J connectivity index is 0.00000144. The minimum Gasteiger partial charge on any atom is -0.445 e. The van der Waals surface area contributed by atoms with Gasteiger partial charge in [0.2, 0.25) is 0 Å². The van der Waals surface area contributed by atoms with Crippen molar-refractivity contribution in [1.29, 1.82) is 0 Å². The van der Waals surface area contributed by atoms with Crippen molar-refractivity contribution in [2.75, 3.05) is 5.73 Å². The van der Waals surface area contributed by atoms with Crippen molar-refractivity contribution >= 4 is 29.7 Å². The molecule has 0 radical (unpaired) electrons. The molecular weight excluding hydrogens is 228 g/mol. The van der Waals surface area contributed by atoms with Crippen molar-refractivity contribution in [2.45, 2.75) is 0 Å². The fraction of sp³-hybridized carbons (Fsp3) is 0. The first kappa shape index (κ1) is 13.8. The van der Waals surface area contributed by atoms with Crippen molar-refractivity contribution in [3.8, 4) is 0 Å². The first-order chi connectivity index (χ1) is 5.43. The SMILES string of the molecule is Nc1cccc([B-](F)(F)F)c1Cl.[K+]. The number of hydrogen-bond donors (Lipinski definition) is 1. The topological polar surface area (TPSA) is 26.0 Å². The zero-order chi connectivity index (χ0) is 9.35. The molecule has 7 heteroatoms. The van der Waals surface area contributed by atoms with Crippen molar-refractivity contribution in [3.63, 3.8) is 0 Å². The Morgan fingerprint density at radius 2 is 1.77 bits per heavy atom. The van der Waals surface area contributed by atoms with Crippen molar-refractivity contribution in [2.24, 2.45) is 0 Å². The van der Waals surface area contributed by atoms with Crippen LogP contribution >= 0.6 is 11.6 Å². The smallest absolute Gasteiger partial charge is 0.445 e. The third kappa shape index (κ3) is 3.45. The van der Waals surface area contributed by atoms with E-state index in [1.165, 1.54) is 12.1 Å². The quantitative estimate of drug-likeness (QED) is 0.488. The van der Waals surface area contributed by atoms with Gasteiger partial charge in [0.15, 0.2) is 0 Å². The van der Waals surface area contributed by atoms with Gasteiger partial charge in [0.05, 0.1) is 0 Å². The van der Waals surface area contributed by atoms with E-state index in [0.29, 0.717) is 0 Å². The molecular formula is C6H5BClF3KN. The number of nitrogens with two attached hydrogens (primary N) is 1. The minimum absolute atomic E-state index is 0. The summed E-state index contributed by atoms with van der Waals surface area (Å²) in [6.45, 7) is -5.06. The van der Waals surface area contributed by atoms with E-state index in [-0.39, 0.29) is 57.1 Å². The predicted octanol–water partition coefficient (Wildman–Crippen LogP) is -1.02. The molecule has 1 rings (SSSR count). The van der Waals surface area contributed by atoms with Crippen LogP contribution in [-0.2, 0) is 0 Å². The fourth-order valence-electron chi connectivity index (χ4n) is 0.821.